The molecule has 1 aliphatic rings. The molecule has 27 heavy (non-hydrogen) atoms. The topological polar surface area (TPSA) is 65.7 Å². The maximum absolute atomic E-state index is 12.7. The van der Waals surface area contributed by atoms with Crippen LogP contribution in [0.25, 0.3) is 10.2 Å². The van der Waals surface area contributed by atoms with E-state index < -0.39 is 0 Å². The lowest BCUT2D eigenvalue weighted by atomic mass is 10.1. The van der Waals surface area contributed by atoms with Gasteiger partial charge in [0.1, 0.15) is 28.8 Å². The molecule has 1 aliphatic heterocycles. The number of aromatic nitrogens is 2. The van der Waals surface area contributed by atoms with Crippen molar-refractivity contribution in [2.24, 2.45) is 5.10 Å². The molecule has 0 bridgehead atoms. The quantitative estimate of drug-likeness (QED) is 0.631. The van der Waals surface area contributed by atoms with Gasteiger partial charge < -0.3 is 9.47 Å². The highest BCUT2D eigenvalue weighted by atomic mass is 32.1. The molecule has 0 aliphatic carbocycles. The summed E-state index contributed by atoms with van der Waals surface area (Å²) in [4.78, 5) is 18.9. The molecular formula is C20H21N3O3S. The van der Waals surface area contributed by atoms with Crippen LogP contribution in [0.5, 0.6) is 11.5 Å². The lowest BCUT2D eigenvalue weighted by molar-refractivity contribution is 0.254. The first-order valence-electron chi connectivity index (χ1n) is 9.09. The third-order valence-corrected chi connectivity index (χ3v) is 5.67. The number of aryl methyl sites for hydroxylation is 1. The molecule has 1 aromatic carbocycles. The van der Waals surface area contributed by atoms with Gasteiger partial charge in [-0.1, -0.05) is 6.92 Å². The SMILES string of the molecule is CCOc1cc2c(cc1/C=N\n1cnc3sc(CC)cc3c1=O)O[C@@H](C)C2. The number of hydrogen-bond acceptors (Lipinski definition) is 6. The van der Waals surface area contributed by atoms with E-state index >= 15 is 0 Å². The number of rotatable bonds is 5. The van der Waals surface area contributed by atoms with Crippen LogP contribution in [-0.4, -0.2) is 28.6 Å². The van der Waals surface area contributed by atoms with Crippen molar-refractivity contribution in [3.8, 4) is 11.5 Å². The minimum atomic E-state index is -0.170. The van der Waals surface area contributed by atoms with Crippen LogP contribution in [0.4, 0.5) is 0 Å². The molecule has 3 heterocycles. The Kier molecular flexibility index (Phi) is 4.70. The van der Waals surface area contributed by atoms with E-state index in [1.165, 1.54) is 11.0 Å². The van der Waals surface area contributed by atoms with E-state index in [4.69, 9.17) is 9.47 Å². The minimum Gasteiger partial charge on any atom is -0.493 e. The zero-order valence-electron chi connectivity index (χ0n) is 15.6. The van der Waals surface area contributed by atoms with E-state index in [0.717, 1.165) is 45.2 Å². The van der Waals surface area contributed by atoms with E-state index in [-0.39, 0.29) is 11.7 Å². The smallest absolute Gasteiger partial charge is 0.282 e. The Morgan fingerprint density at radius 2 is 2.26 bits per heavy atom. The molecule has 0 amide bonds. The second kappa shape index (κ2) is 7.15. The highest BCUT2D eigenvalue weighted by molar-refractivity contribution is 7.18. The second-order valence-corrected chi connectivity index (χ2v) is 7.60. The van der Waals surface area contributed by atoms with Crippen LogP contribution in [0.3, 0.4) is 0 Å². The van der Waals surface area contributed by atoms with E-state index in [1.54, 1.807) is 17.6 Å². The fourth-order valence-electron chi connectivity index (χ4n) is 3.18. The molecule has 0 N–H and O–H groups in total. The number of ether oxygens (including phenoxy) is 2. The lowest BCUT2D eigenvalue weighted by Gasteiger charge is -2.09. The minimum absolute atomic E-state index is 0.155. The normalized spacial score (nSPS) is 16.0. The van der Waals surface area contributed by atoms with Crippen LogP contribution >= 0.6 is 11.3 Å². The lowest BCUT2D eigenvalue weighted by Crippen LogP contribution is -2.16. The summed E-state index contributed by atoms with van der Waals surface area (Å²) >= 11 is 1.54. The van der Waals surface area contributed by atoms with Gasteiger partial charge >= 0.3 is 0 Å². The Morgan fingerprint density at radius 3 is 3.04 bits per heavy atom. The van der Waals surface area contributed by atoms with Gasteiger partial charge in [0, 0.05) is 22.4 Å². The number of benzene rings is 1. The first kappa shape index (κ1) is 17.7. The number of nitrogens with zero attached hydrogens (tertiary/aromatic N) is 3. The van der Waals surface area contributed by atoms with Crippen molar-refractivity contribution in [2.45, 2.75) is 39.7 Å². The van der Waals surface area contributed by atoms with Gasteiger partial charge in [0.2, 0.25) is 0 Å². The zero-order valence-corrected chi connectivity index (χ0v) is 16.4. The Morgan fingerprint density at radius 1 is 1.41 bits per heavy atom. The van der Waals surface area contributed by atoms with Gasteiger partial charge in [-0.05, 0) is 38.5 Å². The zero-order chi connectivity index (χ0) is 19.0. The maximum atomic E-state index is 12.7. The van der Waals surface area contributed by atoms with Gasteiger partial charge in [0.15, 0.2) is 0 Å². The highest BCUT2D eigenvalue weighted by Gasteiger charge is 2.21. The summed E-state index contributed by atoms with van der Waals surface area (Å²) in [5.41, 5.74) is 1.74. The van der Waals surface area contributed by atoms with Crippen molar-refractivity contribution in [1.29, 1.82) is 0 Å². The number of hydrogen-bond donors (Lipinski definition) is 0. The van der Waals surface area contributed by atoms with E-state index in [0.29, 0.717) is 12.0 Å². The summed E-state index contributed by atoms with van der Waals surface area (Å²) < 4.78 is 12.9. The molecule has 7 heteroatoms. The van der Waals surface area contributed by atoms with Crippen molar-refractivity contribution >= 4 is 27.8 Å². The van der Waals surface area contributed by atoms with E-state index in [9.17, 15) is 4.79 Å². The first-order chi connectivity index (χ1) is 13.1. The third kappa shape index (κ3) is 3.35. The van der Waals surface area contributed by atoms with Crippen LogP contribution in [0, 0.1) is 0 Å². The van der Waals surface area contributed by atoms with Gasteiger partial charge in [-0.25, -0.2) is 4.98 Å². The summed E-state index contributed by atoms with van der Waals surface area (Å²) in [7, 11) is 0. The van der Waals surface area contributed by atoms with Crippen molar-refractivity contribution < 1.29 is 9.47 Å². The summed E-state index contributed by atoms with van der Waals surface area (Å²) in [6.07, 6.45) is 4.99. The summed E-state index contributed by atoms with van der Waals surface area (Å²) in [6, 6.07) is 5.82. The Bertz CT molecular complexity index is 1080. The van der Waals surface area contributed by atoms with Crippen molar-refractivity contribution in [3.63, 3.8) is 0 Å². The molecule has 3 aromatic rings. The van der Waals surface area contributed by atoms with Crippen molar-refractivity contribution in [3.05, 3.63) is 50.9 Å². The maximum Gasteiger partial charge on any atom is 0.282 e. The number of thiophene rings is 1. The van der Waals surface area contributed by atoms with Crippen molar-refractivity contribution in [1.82, 2.24) is 9.66 Å². The van der Waals surface area contributed by atoms with Gasteiger partial charge in [0.05, 0.1) is 18.2 Å². The summed E-state index contributed by atoms with van der Waals surface area (Å²) in [6.45, 7) is 6.60. The van der Waals surface area contributed by atoms with Crippen LogP contribution < -0.4 is 15.0 Å². The van der Waals surface area contributed by atoms with Crippen LogP contribution in [0.2, 0.25) is 0 Å². The Labute approximate surface area is 161 Å². The number of fused-ring (bicyclic) bond motifs is 2. The molecule has 1 atom stereocenters. The van der Waals surface area contributed by atoms with E-state index in [2.05, 4.69) is 17.0 Å². The van der Waals surface area contributed by atoms with Gasteiger partial charge in [-0.3, -0.25) is 4.79 Å². The average Bonchev–Trinajstić information content (AvgIpc) is 3.23. The van der Waals surface area contributed by atoms with E-state index in [1.807, 2.05) is 32.0 Å². The summed E-state index contributed by atoms with van der Waals surface area (Å²) in [5.74, 6) is 1.59. The molecule has 0 saturated heterocycles. The molecule has 0 spiro atoms. The Hall–Kier alpha value is -2.67. The molecule has 2 aromatic heterocycles. The van der Waals surface area contributed by atoms with Gasteiger partial charge in [-0.2, -0.15) is 9.78 Å². The monoisotopic (exact) mass is 383 g/mol. The standard InChI is InChI=1S/C20H21N3O3S/c1-4-15-9-16-19(27-15)21-11-23(20(16)24)22-10-14-8-18-13(6-12(3)26-18)7-17(14)25-5-2/h7-12H,4-6H2,1-3H3/b22-10-/t12-/m0/s1. The van der Waals surface area contributed by atoms with Gasteiger partial charge in [0.25, 0.3) is 5.56 Å². The van der Waals surface area contributed by atoms with Crippen LogP contribution in [-0.2, 0) is 12.8 Å². The Balaban J connectivity index is 1.72. The third-order valence-electron chi connectivity index (χ3n) is 4.48. The molecule has 140 valence electrons. The fraction of sp³-hybridized carbons (Fsp3) is 0.350. The van der Waals surface area contributed by atoms with Gasteiger partial charge in [-0.15, -0.1) is 11.3 Å². The van der Waals surface area contributed by atoms with Crippen LogP contribution in [0.1, 0.15) is 36.8 Å². The first-order valence-corrected chi connectivity index (χ1v) is 9.91. The molecule has 0 fully saturated rings. The molecule has 6 nitrogen and oxygen atoms in total. The highest BCUT2D eigenvalue weighted by Crippen LogP contribution is 2.34. The molecule has 4 rings (SSSR count). The fourth-order valence-corrected chi connectivity index (χ4v) is 4.11. The largest absolute Gasteiger partial charge is 0.493 e. The predicted molar refractivity (Wildman–Crippen MR) is 108 cm³/mol. The van der Waals surface area contributed by atoms with Crippen LogP contribution in [0.15, 0.2) is 34.4 Å². The molecular weight excluding hydrogens is 362 g/mol. The average molecular weight is 383 g/mol. The molecule has 0 radical (unpaired) electrons. The predicted octanol–water partition coefficient (Wildman–Crippen LogP) is 3.62. The summed E-state index contributed by atoms with van der Waals surface area (Å²) in [5, 5.41) is 4.94. The second-order valence-electron chi connectivity index (χ2n) is 6.49. The molecule has 0 unspecified atom stereocenters. The van der Waals surface area contributed by atoms with Crippen molar-refractivity contribution in [2.75, 3.05) is 6.61 Å². The molecule has 0 saturated carbocycles.